The molecule has 0 radical (unpaired) electrons. The number of ether oxygens (including phenoxy) is 3. The number of aromatic hydroxyl groups is 2. The van der Waals surface area contributed by atoms with Crippen LogP contribution in [0, 0.1) is 11.3 Å². The van der Waals surface area contributed by atoms with Crippen LogP contribution >= 0.6 is 0 Å². The predicted octanol–water partition coefficient (Wildman–Crippen LogP) is 2.33. The Bertz CT molecular complexity index is 914. The third-order valence-corrected chi connectivity index (χ3v) is 4.04. The van der Waals surface area contributed by atoms with Gasteiger partial charge in [0.1, 0.15) is 40.4 Å². The molecule has 25 heavy (non-hydrogen) atoms. The van der Waals surface area contributed by atoms with E-state index in [1.807, 2.05) is 6.07 Å². The summed E-state index contributed by atoms with van der Waals surface area (Å²) in [5, 5.41) is 29.7. The van der Waals surface area contributed by atoms with E-state index in [0.717, 1.165) is 0 Å². The van der Waals surface area contributed by atoms with Gasteiger partial charge < -0.3 is 30.2 Å². The Balaban J connectivity index is 2.33. The topological polar surface area (TPSA) is 118 Å². The van der Waals surface area contributed by atoms with Crippen LogP contribution in [-0.2, 0) is 0 Å². The summed E-state index contributed by atoms with van der Waals surface area (Å²) in [6.45, 7) is 0. The maximum atomic E-state index is 10.4. The molecule has 0 aliphatic carbocycles. The fraction of sp³-hybridized carbons (Fsp3) is 0.167. The number of rotatable bonds is 3. The molecular formula is C18H16N2O5. The molecule has 128 valence electrons. The maximum absolute atomic E-state index is 10.4. The average Bonchev–Trinajstić information content (AvgIpc) is 2.59. The van der Waals surface area contributed by atoms with Crippen LogP contribution in [0.4, 0.5) is 0 Å². The number of hydrogen-bond donors (Lipinski definition) is 3. The van der Waals surface area contributed by atoms with Gasteiger partial charge in [0.05, 0.1) is 20.1 Å². The first-order chi connectivity index (χ1) is 12.0. The van der Waals surface area contributed by atoms with E-state index in [0.29, 0.717) is 22.6 Å². The minimum Gasteiger partial charge on any atom is -0.508 e. The second-order valence-corrected chi connectivity index (χ2v) is 5.41. The van der Waals surface area contributed by atoms with Crippen molar-refractivity contribution in [3.05, 3.63) is 52.9 Å². The highest BCUT2D eigenvalue weighted by Gasteiger charge is 2.35. The lowest BCUT2D eigenvalue weighted by Crippen LogP contribution is -2.21. The van der Waals surface area contributed by atoms with Crippen LogP contribution < -0.4 is 19.9 Å². The molecule has 7 nitrogen and oxygen atoms in total. The summed E-state index contributed by atoms with van der Waals surface area (Å²) in [6.07, 6.45) is 0. The van der Waals surface area contributed by atoms with Crippen molar-refractivity contribution in [1.29, 1.82) is 5.26 Å². The zero-order chi connectivity index (χ0) is 18.1. The van der Waals surface area contributed by atoms with Crippen LogP contribution in [0.1, 0.15) is 17.0 Å². The van der Waals surface area contributed by atoms with E-state index < -0.39 is 5.92 Å². The number of methoxy groups -OCH3 is 2. The van der Waals surface area contributed by atoms with Crippen LogP contribution in [0.2, 0.25) is 0 Å². The number of allylic oxidation sites excluding steroid dienone is 1. The van der Waals surface area contributed by atoms with E-state index in [2.05, 4.69) is 0 Å². The molecule has 1 heterocycles. The predicted molar refractivity (Wildman–Crippen MR) is 88.6 cm³/mol. The van der Waals surface area contributed by atoms with E-state index >= 15 is 0 Å². The first kappa shape index (κ1) is 16.3. The number of nitrogens with two attached hydrogens (primary N) is 1. The summed E-state index contributed by atoms with van der Waals surface area (Å²) in [5.74, 6) is -0.0197. The van der Waals surface area contributed by atoms with Gasteiger partial charge in [-0.05, 0) is 18.2 Å². The highest BCUT2D eigenvalue weighted by molar-refractivity contribution is 5.64. The Morgan fingerprint density at radius 1 is 1.16 bits per heavy atom. The van der Waals surface area contributed by atoms with E-state index in [1.54, 1.807) is 18.2 Å². The summed E-state index contributed by atoms with van der Waals surface area (Å²) >= 11 is 0. The van der Waals surface area contributed by atoms with Crippen molar-refractivity contribution < 1.29 is 24.4 Å². The fourth-order valence-corrected chi connectivity index (χ4v) is 2.93. The van der Waals surface area contributed by atoms with Gasteiger partial charge in [-0.25, -0.2) is 0 Å². The molecule has 7 heteroatoms. The number of fused-ring (bicyclic) bond motifs is 1. The maximum Gasteiger partial charge on any atom is 0.205 e. The van der Waals surface area contributed by atoms with E-state index in [1.165, 1.54) is 26.4 Å². The molecular weight excluding hydrogens is 324 g/mol. The lowest BCUT2D eigenvalue weighted by molar-refractivity contribution is 0.369. The second-order valence-electron chi connectivity index (χ2n) is 5.41. The Hall–Kier alpha value is -3.53. The fourth-order valence-electron chi connectivity index (χ4n) is 2.93. The van der Waals surface area contributed by atoms with Gasteiger partial charge in [0, 0.05) is 23.3 Å². The van der Waals surface area contributed by atoms with Crippen LogP contribution in [0.25, 0.3) is 0 Å². The van der Waals surface area contributed by atoms with E-state index in [9.17, 15) is 15.5 Å². The first-order valence-corrected chi connectivity index (χ1v) is 7.35. The SMILES string of the molecule is COc1ccc(OC)c(C2C(C#N)=C(N)Oc3cc(O)cc(O)c32)c1. The molecule has 1 unspecified atom stereocenters. The monoisotopic (exact) mass is 340 g/mol. The number of hydrogen-bond acceptors (Lipinski definition) is 7. The minimum absolute atomic E-state index is 0.102. The van der Waals surface area contributed by atoms with Crippen LogP contribution in [0.3, 0.4) is 0 Å². The molecule has 0 spiro atoms. The van der Waals surface area contributed by atoms with Crippen molar-refractivity contribution in [3.8, 4) is 34.8 Å². The zero-order valence-electron chi connectivity index (χ0n) is 13.6. The summed E-state index contributed by atoms with van der Waals surface area (Å²) in [6, 6.07) is 9.67. The number of nitriles is 1. The molecule has 1 atom stereocenters. The second kappa shape index (κ2) is 6.17. The zero-order valence-corrected chi connectivity index (χ0v) is 13.6. The van der Waals surface area contributed by atoms with Gasteiger partial charge in [0.25, 0.3) is 0 Å². The number of phenolic OH excluding ortho intramolecular Hbond substituents is 2. The molecule has 0 saturated heterocycles. The first-order valence-electron chi connectivity index (χ1n) is 7.35. The number of phenols is 2. The molecule has 4 N–H and O–H groups in total. The smallest absolute Gasteiger partial charge is 0.205 e. The molecule has 0 saturated carbocycles. The van der Waals surface area contributed by atoms with Gasteiger partial charge in [-0.2, -0.15) is 5.26 Å². The van der Waals surface area contributed by atoms with Gasteiger partial charge in [0.15, 0.2) is 0 Å². The highest BCUT2D eigenvalue weighted by atomic mass is 16.5. The summed E-state index contributed by atoms with van der Waals surface area (Å²) in [4.78, 5) is 0. The molecule has 0 amide bonds. The lowest BCUT2D eigenvalue weighted by Gasteiger charge is -2.28. The van der Waals surface area contributed by atoms with Crippen molar-refractivity contribution >= 4 is 0 Å². The molecule has 2 aromatic rings. The highest BCUT2D eigenvalue weighted by Crippen LogP contribution is 2.50. The number of nitrogens with zero attached hydrogens (tertiary/aromatic N) is 1. The van der Waals surface area contributed by atoms with Gasteiger partial charge in [-0.15, -0.1) is 0 Å². The van der Waals surface area contributed by atoms with Gasteiger partial charge in [-0.1, -0.05) is 0 Å². The molecule has 2 aromatic carbocycles. The number of benzene rings is 2. The molecule has 0 bridgehead atoms. The van der Waals surface area contributed by atoms with Gasteiger partial charge >= 0.3 is 0 Å². The summed E-state index contributed by atoms with van der Waals surface area (Å²) in [5.41, 5.74) is 6.91. The van der Waals surface area contributed by atoms with Crippen molar-refractivity contribution in [2.24, 2.45) is 5.73 Å². The van der Waals surface area contributed by atoms with E-state index in [4.69, 9.17) is 19.9 Å². The Morgan fingerprint density at radius 3 is 2.56 bits per heavy atom. The summed E-state index contributed by atoms with van der Waals surface area (Å²) in [7, 11) is 3.02. The van der Waals surface area contributed by atoms with Crippen molar-refractivity contribution in [2.75, 3.05) is 14.2 Å². The van der Waals surface area contributed by atoms with Crippen LogP contribution in [-0.4, -0.2) is 24.4 Å². The molecule has 1 aliphatic rings. The normalized spacial score (nSPS) is 15.8. The van der Waals surface area contributed by atoms with Crippen molar-refractivity contribution in [3.63, 3.8) is 0 Å². The third-order valence-electron chi connectivity index (χ3n) is 4.04. The third kappa shape index (κ3) is 2.64. The standard InChI is InChI=1S/C18H16N2O5/c1-23-10-3-4-14(24-2)11(7-10)16-12(8-19)18(20)25-15-6-9(21)5-13(22)17(15)16/h3-7,16,21-22H,20H2,1-2H3. The minimum atomic E-state index is -0.737. The van der Waals surface area contributed by atoms with Crippen LogP contribution in [0.5, 0.6) is 28.7 Å². The van der Waals surface area contributed by atoms with E-state index in [-0.39, 0.29) is 28.7 Å². The Labute approximate surface area is 144 Å². The molecule has 0 fully saturated rings. The Kier molecular flexibility index (Phi) is 4.03. The van der Waals surface area contributed by atoms with Crippen LogP contribution in [0.15, 0.2) is 41.8 Å². The average molecular weight is 340 g/mol. The Morgan fingerprint density at radius 2 is 1.92 bits per heavy atom. The lowest BCUT2D eigenvalue weighted by atomic mass is 9.82. The molecule has 0 aromatic heterocycles. The van der Waals surface area contributed by atoms with Crippen molar-refractivity contribution in [2.45, 2.75) is 5.92 Å². The summed E-state index contributed by atoms with van der Waals surface area (Å²) < 4.78 is 16.1. The van der Waals surface area contributed by atoms with Crippen molar-refractivity contribution in [1.82, 2.24) is 0 Å². The largest absolute Gasteiger partial charge is 0.508 e. The quantitative estimate of drug-likeness (QED) is 0.784. The van der Waals surface area contributed by atoms with Gasteiger partial charge in [0.2, 0.25) is 5.88 Å². The molecule has 1 aliphatic heterocycles. The molecule has 3 rings (SSSR count). The van der Waals surface area contributed by atoms with Gasteiger partial charge in [-0.3, -0.25) is 0 Å².